The summed E-state index contributed by atoms with van der Waals surface area (Å²) < 4.78 is 12.6. The topological polar surface area (TPSA) is 62.2 Å². The highest BCUT2D eigenvalue weighted by Crippen LogP contribution is 2.46. The second kappa shape index (κ2) is 12.2. The SMILES string of the molecule is C=C(CC=C/C(O)=C\C)C1=C(C)c2ccc(O)cc2O[C@H]1c1ccc(OCCN2CCCCC2)c(C)c1. The van der Waals surface area contributed by atoms with Gasteiger partial charge in [0.05, 0.1) is 0 Å². The Morgan fingerprint density at radius 1 is 1.14 bits per heavy atom. The van der Waals surface area contributed by atoms with Crippen LogP contribution >= 0.6 is 0 Å². The number of aliphatic hydroxyl groups excluding tert-OH is 1. The largest absolute Gasteiger partial charge is 0.508 e. The first-order valence-electron chi connectivity index (χ1n) is 13.2. The standard InChI is InChI=1S/C32H39NO4/c1-5-26(34)11-9-10-22(2)31-24(4)28-14-13-27(35)21-30(28)37-32(31)25-12-15-29(23(3)20-25)36-19-18-33-16-7-6-8-17-33/h5,9,11-15,20-21,32,34-35H,2,6-8,10,16-19H2,1,3-4H3/b11-9?,26-5+/t32-/m0/s1. The van der Waals surface area contributed by atoms with E-state index in [1.54, 1.807) is 31.2 Å². The Balaban J connectivity index is 1.57. The Labute approximate surface area is 221 Å². The first-order valence-corrected chi connectivity index (χ1v) is 13.2. The number of likely N-dealkylation sites (tertiary alicyclic amines) is 1. The molecule has 5 nitrogen and oxygen atoms in total. The van der Waals surface area contributed by atoms with E-state index in [9.17, 15) is 10.2 Å². The predicted octanol–water partition coefficient (Wildman–Crippen LogP) is 7.44. The molecule has 2 aromatic rings. The third-order valence-electron chi connectivity index (χ3n) is 7.23. The fourth-order valence-electron chi connectivity index (χ4n) is 5.12. The molecule has 2 heterocycles. The second-order valence-electron chi connectivity index (χ2n) is 9.92. The molecule has 0 saturated carbocycles. The quantitative estimate of drug-likeness (QED) is 0.276. The molecule has 1 fully saturated rings. The van der Waals surface area contributed by atoms with Crippen molar-refractivity contribution in [2.75, 3.05) is 26.2 Å². The van der Waals surface area contributed by atoms with Crippen LogP contribution in [-0.2, 0) is 0 Å². The molecule has 2 N–H and O–H groups in total. The number of fused-ring (bicyclic) bond motifs is 1. The maximum absolute atomic E-state index is 10.1. The minimum Gasteiger partial charge on any atom is -0.508 e. The van der Waals surface area contributed by atoms with Crippen LogP contribution in [0.25, 0.3) is 5.57 Å². The summed E-state index contributed by atoms with van der Waals surface area (Å²) in [6, 6.07) is 11.4. The number of benzene rings is 2. The molecule has 4 rings (SSSR count). The van der Waals surface area contributed by atoms with Crippen molar-refractivity contribution >= 4 is 5.57 Å². The molecule has 0 aromatic heterocycles. The van der Waals surface area contributed by atoms with Crippen molar-refractivity contribution in [3.63, 3.8) is 0 Å². The number of piperidine rings is 1. The minimum absolute atomic E-state index is 0.172. The summed E-state index contributed by atoms with van der Waals surface area (Å²) >= 11 is 0. The Morgan fingerprint density at radius 2 is 1.92 bits per heavy atom. The molecule has 0 radical (unpaired) electrons. The van der Waals surface area contributed by atoms with Crippen molar-refractivity contribution in [3.8, 4) is 17.2 Å². The summed E-state index contributed by atoms with van der Waals surface area (Å²) in [5.41, 5.74) is 6.01. The molecule has 0 bridgehead atoms. The van der Waals surface area contributed by atoms with Crippen LogP contribution in [0.15, 0.2) is 78.1 Å². The third kappa shape index (κ3) is 6.47. The molecule has 2 aromatic carbocycles. The Kier molecular flexibility index (Phi) is 8.78. The van der Waals surface area contributed by atoms with E-state index in [1.165, 1.54) is 32.4 Å². The summed E-state index contributed by atoms with van der Waals surface area (Å²) in [4.78, 5) is 2.48. The number of ether oxygens (including phenoxy) is 2. The van der Waals surface area contributed by atoms with Gasteiger partial charge in [-0.25, -0.2) is 0 Å². The van der Waals surface area contributed by atoms with Gasteiger partial charge in [-0.15, -0.1) is 0 Å². The second-order valence-corrected chi connectivity index (χ2v) is 9.92. The van der Waals surface area contributed by atoms with Crippen molar-refractivity contribution in [1.82, 2.24) is 4.90 Å². The van der Waals surface area contributed by atoms with Gasteiger partial charge >= 0.3 is 0 Å². The van der Waals surface area contributed by atoms with Crippen molar-refractivity contribution in [1.29, 1.82) is 0 Å². The highest BCUT2D eigenvalue weighted by Gasteiger charge is 2.30. The number of hydrogen-bond acceptors (Lipinski definition) is 5. The Morgan fingerprint density at radius 3 is 2.65 bits per heavy atom. The van der Waals surface area contributed by atoms with Gasteiger partial charge in [0.25, 0.3) is 0 Å². The maximum atomic E-state index is 10.1. The fraction of sp³-hybridized carbons (Fsp3) is 0.375. The lowest BCUT2D eigenvalue weighted by Crippen LogP contribution is -2.33. The average Bonchev–Trinajstić information content (AvgIpc) is 2.89. The van der Waals surface area contributed by atoms with Gasteiger partial charge in [0.15, 0.2) is 0 Å². The normalized spacial score (nSPS) is 18.6. The van der Waals surface area contributed by atoms with E-state index in [0.717, 1.165) is 45.7 Å². The maximum Gasteiger partial charge on any atom is 0.149 e. The number of aromatic hydroxyl groups is 1. The Hall–Kier alpha value is -3.44. The van der Waals surface area contributed by atoms with Crippen LogP contribution in [0.3, 0.4) is 0 Å². The lowest BCUT2D eigenvalue weighted by atomic mass is 9.85. The zero-order valence-electron chi connectivity index (χ0n) is 22.3. The molecule has 0 unspecified atom stereocenters. The van der Waals surface area contributed by atoms with Gasteiger partial charge < -0.3 is 19.7 Å². The van der Waals surface area contributed by atoms with E-state index in [4.69, 9.17) is 9.47 Å². The summed E-state index contributed by atoms with van der Waals surface area (Å²) in [5, 5.41) is 19.9. The highest BCUT2D eigenvalue weighted by molar-refractivity contribution is 5.78. The van der Waals surface area contributed by atoms with Crippen LogP contribution in [0.5, 0.6) is 17.2 Å². The number of rotatable bonds is 9. The van der Waals surface area contributed by atoms with Gasteiger partial charge in [-0.2, -0.15) is 0 Å². The number of allylic oxidation sites excluding steroid dienone is 4. The number of aryl methyl sites for hydroxylation is 1. The highest BCUT2D eigenvalue weighted by atomic mass is 16.5. The number of nitrogens with zero attached hydrogens (tertiary/aromatic N) is 1. The molecule has 2 aliphatic heterocycles. The van der Waals surface area contributed by atoms with Crippen LogP contribution in [0.1, 0.15) is 62.3 Å². The zero-order chi connectivity index (χ0) is 26.4. The molecule has 0 spiro atoms. The summed E-state index contributed by atoms with van der Waals surface area (Å²) in [7, 11) is 0. The number of phenolic OH excluding ortho intramolecular Hbond substituents is 1. The van der Waals surface area contributed by atoms with E-state index in [1.807, 2.05) is 18.2 Å². The van der Waals surface area contributed by atoms with Gasteiger partial charge in [0.2, 0.25) is 0 Å². The van der Waals surface area contributed by atoms with Gasteiger partial charge in [-0.3, -0.25) is 4.90 Å². The van der Waals surface area contributed by atoms with Crippen molar-refractivity contribution < 1.29 is 19.7 Å². The average molecular weight is 502 g/mol. The molecule has 1 atom stereocenters. The third-order valence-corrected chi connectivity index (χ3v) is 7.23. The van der Waals surface area contributed by atoms with Crippen LogP contribution in [-0.4, -0.2) is 41.4 Å². The zero-order valence-corrected chi connectivity index (χ0v) is 22.3. The van der Waals surface area contributed by atoms with Crippen molar-refractivity contribution in [2.45, 2.75) is 52.6 Å². The van der Waals surface area contributed by atoms with Crippen LogP contribution in [0, 0.1) is 6.92 Å². The first kappa shape index (κ1) is 26.6. The summed E-state index contributed by atoms with van der Waals surface area (Å²) in [5.74, 6) is 1.94. The molecule has 1 saturated heterocycles. The van der Waals surface area contributed by atoms with Crippen molar-refractivity contribution in [2.24, 2.45) is 0 Å². The predicted molar refractivity (Wildman–Crippen MR) is 150 cm³/mol. The molecular formula is C32H39NO4. The monoisotopic (exact) mass is 501 g/mol. The van der Waals surface area contributed by atoms with E-state index in [0.29, 0.717) is 18.8 Å². The molecule has 2 aliphatic rings. The first-order chi connectivity index (χ1) is 17.9. The van der Waals surface area contributed by atoms with Crippen LogP contribution < -0.4 is 9.47 Å². The lowest BCUT2D eigenvalue weighted by molar-refractivity contribution is 0.183. The number of phenols is 1. The van der Waals surface area contributed by atoms with E-state index in [2.05, 4.69) is 37.5 Å². The van der Waals surface area contributed by atoms with Crippen molar-refractivity contribution in [3.05, 3.63) is 94.8 Å². The molecule has 5 heteroatoms. The van der Waals surface area contributed by atoms with E-state index >= 15 is 0 Å². The molecule has 0 amide bonds. The van der Waals surface area contributed by atoms with Gasteiger partial charge in [0.1, 0.15) is 35.7 Å². The molecule has 37 heavy (non-hydrogen) atoms. The summed E-state index contributed by atoms with van der Waals surface area (Å²) in [6.07, 6.45) is 9.35. The summed E-state index contributed by atoms with van der Waals surface area (Å²) in [6.45, 7) is 14.3. The van der Waals surface area contributed by atoms with E-state index in [-0.39, 0.29) is 17.6 Å². The van der Waals surface area contributed by atoms with Gasteiger partial charge in [-0.1, -0.05) is 25.1 Å². The van der Waals surface area contributed by atoms with Crippen LogP contribution in [0.2, 0.25) is 0 Å². The van der Waals surface area contributed by atoms with Crippen LogP contribution in [0.4, 0.5) is 0 Å². The minimum atomic E-state index is -0.369. The smallest absolute Gasteiger partial charge is 0.149 e. The van der Waals surface area contributed by atoms with E-state index < -0.39 is 0 Å². The van der Waals surface area contributed by atoms with Gasteiger partial charge in [0, 0.05) is 23.7 Å². The lowest BCUT2D eigenvalue weighted by Gasteiger charge is -2.32. The number of aliphatic hydroxyl groups is 1. The molecule has 0 aliphatic carbocycles. The molecular weight excluding hydrogens is 462 g/mol. The number of hydrogen-bond donors (Lipinski definition) is 2. The molecule has 196 valence electrons. The Bertz CT molecular complexity index is 1220. The van der Waals surface area contributed by atoms with Gasteiger partial charge in [-0.05, 0) is 112 Å². The fourth-order valence-corrected chi connectivity index (χ4v) is 5.12.